The summed E-state index contributed by atoms with van der Waals surface area (Å²) >= 11 is 1.44. The van der Waals surface area contributed by atoms with Crippen LogP contribution in [0, 0.1) is 5.92 Å². The molecule has 0 aromatic carbocycles. The standard InChI is InChI=1S/C12H18N2O2S/c1-8(7-15)9(2)14-11(16)10-5-4-6-13-12(10)17-3/h4-6,8-9,15H,7H2,1-3H3,(H,14,16). The number of rotatable bonds is 5. The van der Waals surface area contributed by atoms with E-state index in [9.17, 15) is 4.79 Å². The maximum absolute atomic E-state index is 12.0. The maximum atomic E-state index is 12.0. The van der Waals surface area contributed by atoms with Crippen molar-refractivity contribution in [1.29, 1.82) is 0 Å². The Kier molecular flexibility index (Phi) is 5.44. The lowest BCUT2D eigenvalue weighted by Crippen LogP contribution is -2.38. The summed E-state index contributed by atoms with van der Waals surface area (Å²) in [4.78, 5) is 16.2. The summed E-state index contributed by atoms with van der Waals surface area (Å²) in [6.07, 6.45) is 3.56. The maximum Gasteiger partial charge on any atom is 0.254 e. The predicted molar refractivity (Wildman–Crippen MR) is 69.2 cm³/mol. The fraction of sp³-hybridized carbons (Fsp3) is 0.500. The number of carbonyl (C=O) groups excluding carboxylic acids is 1. The third-order valence-electron chi connectivity index (χ3n) is 2.71. The van der Waals surface area contributed by atoms with Crippen molar-refractivity contribution in [3.8, 4) is 0 Å². The summed E-state index contributed by atoms with van der Waals surface area (Å²) < 4.78 is 0. The molecule has 0 saturated carbocycles. The van der Waals surface area contributed by atoms with Gasteiger partial charge in [0, 0.05) is 18.8 Å². The molecule has 0 aliphatic heterocycles. The molecule has 0 saturated heterocycles. The largest absolute Gasteiger partial charge is 0.396 e. The zero-order chi connectivity index (χ0) is 12.8. The molecule has 0 bridgehead atoms. The van der Waals surface area contributed by atoms with E-state index in [-0.39, 0.29) is 24.5 Å². The lowest BCUT2D eigenvalue weighted by atomic mass is 10.0. The van der Waals surface area contributed by atoms with Crippen LogP contribution < -0.4 is 5.32 Å². The molecule has 0 aliphatic rings. The van der Waals surface area contributed by atoms with Gasteiger partial charge in [0.25, 0.3) is 5.91 Å². The molecular weight excluding hydrogens is 236 g/mol. The molecule has 1 aromatic rings. The summed E-state index contributed by atoms with van der Waals surface area (Å²) in [5, 5.41) is 12.6. The number of thioether (sulfide) groups is 1. The number of aliphatic hydroxyl groups is 1. The van der Waals surface area contributed by atoms with Gasteiger partial charge in [0.15, 0.2) is 0 Å². The Morgan fingerprint density at radius 2 is 2.29 bits per heavy atom. The number of carbonyl (C=O) groups is 1. The lowest BCUT2D eigenvalue weighted by Gasteiger charge is -2.19. The van der Waals surface area contributed by atoms with Gasteiger partial charge in [-0.3, -0.25) is 4.79 Å². The summed E-state index contributed by atoms with van der Waals surface area (Å²) in [5.41, 5.74) is 0.581. The van der Waals surface area contributed by atoms with Crippen molar-refractivity contribution in [2.24, 2.45) is 5.92 Å². The molecule has 2 unspecified atom stereocenters. The van der Waals surface area contributed by atoms with Gasteiger partial charge in [0.1, 0.15) is 5.03 Å². The molecule has 1 rings (SSSR count). The van der Waals surface area contributed by atoms with Crippen LogP contribution in [0.15, 0.2) is 23.4 Å². The zero-order valence-electron chi connectivity index (χ0n) is 10.3. The third-order valence-corrected chi connectivity index (χ3v) is 3.42. The fourth-order valence-electron chi connectivity index (χ4n) is 1.31. The van der Waals surface area contributed by atoms with Crippen LogP contribution in [0.5, 0.6) is 0 Å². The Hall–Kier alpha value is -1.07. The highest BCUT2D eigenvalue weighted by atomic mass is 32.2. The molecular formula is C12H18N2O2S. The van der Waals surface area contributed by atoms with Gasteiger partial charge in [-0.2, -0.15) is 0 Å². The fourth-order valence-corrected chi connectivity index (χ4v) is 1.86. The molecule has 4 nitrogen and oxygen atoms in total. The number of aromatic nitrogens is 1. The highest BCUT2D eigenvalue weighted by Crippen LogP contribution is 2.17. The second-order valence-corrected chi connectivity index (χ2v) is 4.78. The number of hydrogen-bond acceptors (Lipinski definition) is 4. The monoisotopic (exact) mass is 254 g/mol. The molecule has 0 spiro atoms. The smallest absolute Gasteiger partial charge is 0.254 e. The summed E-state index contributed by atoms with van der Waals surface area (Å²) in [5.74, 6) is -0.108. The first-order valence-electron chi connectivity index (χ1n) is 5.50. The first-order valence-corrected chi connectivity index (χ1v) is 6.73. The number of nitrogens with one attached hydrogen (secondary N) is 1. The number of aliphatic hydroxyl groups excluding tert-OH is 1. The highest BCUT2D eigenvalue weighted by molar-refractivity contribution is 7.98. The van der Waals surface area contributed by atoms with E-state index in [1.165, 1.54) is 11.8 Å². The van der Waals surface area contributed by atoms with Crippen molar-refractivity contribution in [3.05, 3.63) is 23.9 Å². The zero-order valence-corrected chi connectivity index (χ0v) is 11.1. The Balaban J connectivity index is 2.76. The van der Waals surface area contributed by atoms with Crippen LogP contribution in [-0.4, -0.2) is 34.9 Å². The van der Waals surface area contributed by atoms with Crippen LogP contribution in [0.25, 0.3) is 0 Å². The molecule has 5 heteroatoms. The van der Waals surface area contributed by atoms with E-state index in [1.54, 1.807) is 18.3 Å². The van der Waals surface area contributed by atoms with Gasteiger partial charge in [-0.05, 0) is 31.2 Å². The molecule has 1 amide bonds. The quantitative estimate of drug-likeness (QED) is 0.783. The van der Waals surface area contributed by atoms with E-state index < -0.39 is 0 Å². The van der Waals surface area contributed by atoms with E-state index in [0.29, 0.717) is 10.6 Å². The average Bonchev–Trinajstić information content (AvgIpc) is 2.37. The summed E-state index contributed by atoms with van der Waals surface area (Å²) in [6, 6.07) is 3.43. The molecule has 2 atom stereocenters. The SMILES string of the molecule is CSc1ncccc1C(=O)NC(C)C(C)CO. The first kappa shape index (κ1) is 14.0. The normalized spacial score (nSPS) is 14.1. The molecule has 0 radical (unpaired) electrons. The van der Waals surface area contributed by atoms with Crippen LogP contribution in [0.4, 0.5) is 0 Å². The molecule has 0 aliphatic carbocycles. The minimum atomic E-state index is -0.143. The van der Waals surface area contributed by atoms with Gasteiger partial charge >= 0.3 is 0 Å². The van der Waals surface area contributed by atoms with Gasteiger partial charge in [-0.1, -0.05) is 6.92 Å². The van der Waals surface area contributed by atoms with E-state index in [0.717, 1.165) is 0 Å². The van der Waals surface area contributed by atoms with Crippen molar-refractivity contribution in [3.63, 3.8) is 0 Å². The topological polar surface area (TPSA) is 62.2 Å². The number of pyridine rings is 1. The minimum absolute atomic E-state index is 0.0355. The number of hydrogen-bond donors (Lipinski definition) is 2. The number of amides is 1. The third kappa shape index (κ3) is 3.71. The lowest BCUT2D eigenvalue weighted by molar-refractivity contribution is 0.0912. The first-order chi connectivity index (χ1) is 8.10. The Bertz CT molecular complexity index is 385. The van der Waals surface area contributed by atoms with Gasteiger partial charge in [0.05, 0.1) is 5.56 Å². The van der Waals surface area contributed by atoms with Crippen molar-refractivity contribution in [2.45, 2.75) is 24.9 Å². The predicted octanol–water partition coefficient (Wildman–Crippen LogP) is 1.55. The van der Waals surface area contributed by atoms with Crippen molar-refractivity contribution < 1.29 is 9.90 Å². The number of nitrogens with zero attached hydrogens (tertiary/aromatic N) is 1. The van der Waals surface area contributed by atoms with Crippen LogP contribution in [0.2, 0.25) is 0 Å². The van der Waals surface area contributed by atoms with Gasteiger partial charge in [0.2, 0.25) is 0 Å². The summed E-state index contributed by atoms with van der Waals surface area (Å²) in [7, 11) is 0. The van der Waals surface area contributed by atoms with E-state index >= 15 is 0 Å². The minimum Gasteiger partial charge on any atom is -0.396 e. The molecule has 1 heterocycles. The van der Waals surface area contributed by atoms with Crippen molar-refractivity contribution >= 4 is 17.7 Å². The Morgan fingerprint density at radius 3 is 2.88 bits per heavy atom. The Morgan fingerprint density at radius 1 is 1.59 bits per heavy atom. The molecule has 1 aromatic heterocycles. The van der Waals surface area contributed by atoms with E-state index in [4.69, 9.17) is 5.11 Å². The molecule has 0 fully saturated rings. The average molecular weight is 254 g/mol. The summed E-state index contributed by atoms with van der Waals surface area (Å²) in [6.45, 7) is 3.83. The van der Waals surface area contributed by atoms with Crippen LogP contribution in [-0.2, 0) is 0 Å². The van der Waals surface area contributed by atoms with Crippen LogP contribution >= 0.6 is 11.8 Å². The Labute approximate surface area is 106 Å². The van der Waals surface area contributed by atoms with Crippen LogP contribution in [0.3, 0.4) is 0 Å². The van der Waals surface area contributed by atoms with E-state index in [1.807, 2.05) is 20.1 Å². The molecule has 2 N–H and O–H groups in total. The van der Waals surface area contributed by atoms with E-state index in [2.05, 4.69) is 10.3 Å². The second kappa shape index (κ2) is 6.61. The van der Waals surface area contributed by atoms with Crippen molar-refractivity contribution in [2.75, 3.05) is 12.9 Å². The molecule has 94 valence electrons. The molecule has 17 heavy (non-hydrogen) atoms. The second-order valence-electron chi connectivity index (χ2n) is 3.98. The highest BCUT2D eigenvalue weighted by Gasteiger charge is 2.17. The van der Waals surface area contributed by atoms with Crippen molar-refractivity contribution in [1.82, 2.24) is 10.3 Å². The van der Waals surface area contributed by atoms with Gasteiger partial charge in [-0.15, -0.1) is 11.8 Å². The van der Waals surface area contributed by atoms with Gasteiger partial charge < -0.3 is 10.4 Å². The van der Waals surface area contributed by atoms with Gasteiger partial charge in [-0.25, -0.2) is 4.98 Å². The van der Waals surface area contributed by atoms with Crippen LogP contribution in [0.1, 0.15) is 24.2 Å².